The summed E-state index contributed by atoms with van der Waals surface area (Å²) in [5.74, 6) is 2.82. The second kappa shape index (κ2) is 4.93. The van der Waals surface area contributed by atoms with Gasteiger partial charge in [-0.15, -0.1) is 0 Å². The van der Waals surface area contributed by atoms with Crippen LogP contribution in [0.25, 0.3) is 0 Å². The molecule has 20 heavy (non-hydrogen) atoms. The van der Waals surface area contributed by atoms with Gasteiger partial charge in [0.05, 0.1) is 0 Å². The molecule has 1 amide bonds. The highest BCUT2D eigenvalue weighted by molar-refractivity contribution is 6.07. The lowest BCUT2D eigenvalue weighted by Gasteiger charge is -2.43. The van der Waals surface area contributed by atoms with Crippen molar-refractivity contribution in [3.8, 4) is 0 Å². The average molecular weight is 279 g/mol. The molecule has 0 saturated heterocycles. The first kappa shape index (κ1) is 13.7. The van der Waals surface area contributed by atoms with Crippen LogP contribution in [0, 0.1) is 29.1 Å². The normalized spacial score (nSPS) is 43.4. The number of oxime groups is 1. The molecule has 3 aliphatic rings. The SMILES string of the molecule is CC1CC(C(=O)NCC2CC3CCC2C3)(C(N)=NO)C1. The number of rotatable bonds is 4. The Hall–Kier alpha value is -1.26. The molecule has 0 aromatic heterocycles. The first-order chi connectivity index (χ1) is 9.55. The highest BCUT2D eigenvalue weighted by atomic mass is 16.4. The van der Waals surface area contributed by atoms with Gasteiger partial charge in [-0.2, -0.15) is 0 Å². The van der Waals surface area contributed by atoms with Gasteiger partial charge in [-0.1, -0.05) is 18.5 Å². The maximum atomic E-state index is 12.5. The van der Waals surface area contributed by atoms with Crippen molar-refractivity contribution in [2.24, 2.45) is 40.0 Å². The molecular weight excluding hydrogens is 254 g/mol. The standard InChI is InChI=1S/C15H25N3O2/c1-9-6-15(7-9,13(16)18-20)14(19)17-8-12-5-10-2-3-11(12)4-10/h9-12,20H,2-8H2,1H3,(H2,16,18)(H,17,19). The number of nitrogens with one attached hydrogen (secondary N) is 1. The molecule has 0 aromatic carbocycles. The second-order valence-electron chi connectivity index (χ2n) is 7.23. The molecule has 5 nitrogen and oxygen atoms in total. The van der Waals surface area contributed by atoms with Crippen LogP contribution >= 0.6 is 0 Å². The molecule has 4 N–H and O–H groups in total. The maximum absolute atomic E-state index is 12.5. The molecule has 0 aliphatic heterocycles. The van der Waals surface area contributed by atoms with Gasteiger partial charge in [-0.25, -0.2) is 0 Å². The summed E-state index contributed by atoms with van der Waals surface area (Å²) < 4.78 is 0. The Bertz CT molecular complexity index is 429. The van der Waals surface area contributed by atoms with E-state index in [0.29, 0.717) is 24.7 Å². The van der Waals surface area contributed by atoms with E-state index in [0.717, 1.165) is 18.4 Å². The van der Waals surface area contributed by atoms with Crippen LogP contribution in [0.4, 0.5) is 0 Å². The van der Waals surface area contributed by atoms with Gasteiger partial charge in [-0.3, -0.25) is 4.79 Å². The van der Waals surface area contributed by atoms with E-state index in [1.807, 2.05) is 0 Å². The minimum Gasteiger partial charge on any atom is -0.409 e. The topological polar surface area (TPSA) is 87.7 Å². The van der Waals surface area contributed by atoms with Crippen LogP contribution in [-0.4, -0.2) is 23.5 Å². The number of amidine groups is 1. The van der Waals surface area contributed by atoms with Crippen molar-refractivity contribution in [1.29, 1.82) is 0 Å². The van der Waals surface area contributed by atoms with Crippen LogP contribution in [-0.2, 0) is 4.79 Å². The zero-order chi connectivity index (χ0) is 14.3. The van der Waals surface area contributed by atoms with Crippen molar-refractivity contribution in [2.45, 2.75) is 45.4 Å². The van der Waals surface area contributed by atoms with Gasteiger partial charge in [0.15, 0.2) is 5.84 Å². The fourth-order valence-corrected chi connectivity index (χ4v) is 4.76. The van der Waals surface area contributed by atoms with Crippen molar-refractivity contribution >= 4 is 11.7 Å². The van der Waals surface area contributed by atoms with E-state index in [1.54, 1.807) is 0 Å². The van der Waals surface area contributed by atoms with Gasteiger partial charge >= 0.3 is 0 Å². The van der Waals surface area contributed by atoms with Crippen molar-refractivity contribution in [2.75, 3.05) is 6.54 Å². The lowest BCUT2D eigenvalue weighted by Crippen LogP contribution is -2.57. The number of carbonyl (C=O) groups is 1. The highest BCUT2D eigenvalue weighted by Crippen LogP contribution is 2.49. The first-order valence-corrected chi connectivity index (χ1v) is 7.81. The van der Waals surface area contributed by atoms with E-state index in [2.05, 4.69) is 17.4 Å². The average Bonchev–Trinajstić information content (AvgIpc) is 3.02. The summed E-state index contributed by atoms with van der Waals surface area (Å²) in [4.78, 5) is 12.5. The summed E-state index contributed by atoms with van der Waals surface area (Å²) in [6, 6.07) is 0. The smallest absolute Gasteiger partial charge is 0.233 e. The number of nitrogens with two attached hydrogens (primary N) is 1. The quantitative estimate of drug-likeness (QED) is 0.317. The van der Waals surface area contributed by atoms with Crippen molar-refractivity contribution in [3.05, 3.63) is 0 Å². The Morgan fingerprint density at radius 1 is 1.40 bits per heavy atom. The highest BCUT2D eigenvalue weighted by Gasteiger charge is 2.52. The summed E-state index contributed by atoms with van der Waals surface area (Å²) in [5.41, 5.74) is 5.00. The Balaban J connectivity index is 1.58. The monoisotopic (exact) mass is 279 g/mol. The van der Waals surface area contributed by atoms with Crippen LogP contribution in [0.1, 0.15) is 45.4 Å². The lowest BCUT2D eigenvalue weighted by molar-refractivity contribution is -0.133. The predicted molar refractivity (Wildman–Crippen MR) is 76.2 cm³/mol. The van der Waals surface area contributed by atoms with Crippen LogP contribution in [0.3, 0.4) is 0 Å². The zero-order valence-electron chi connectivity index (χ0n) is 12.1. The van der Waals surface area contributed by atoms with E-state index in [1.165, 1.54) is 25.7 Å². The van der Waals surface area contributed by atoms with Gasteiger partial charge in [0.2, 0.25) is 5.91 Å². The first-order valence-electron chi connectivity index (χ1n) is 7.81. The fourth-order valence-electron chi connectivity index (χ4n) is 4.76. The number of hydrogen-bond donors (Lipinski definition) is 3. The number of nitrogens with zero attached hydrogens (tertiary/aromatic N) is 1. The second-order valence-corrected chi connectivity index (χ2v) is 7.23. The summed E-state index contributed by atoms with van der Waals surface area (Å²) in [6.07, 6.45) is 6.69. The van der Waals surface area contributed by atoms with E-state index in [4.69, 9.17) is 10.9 Å². The van der Waals surface area contributed by atoms with Gasteiger partial charge < -0.3 is 16.3 Å². The van der Waals surface area contributed by atoms with E-state index in [-0.39, 0.29) is 11.7 Å². The van der Waals surface area contributed by atoms with E-state index in [9.17, 15) is 4.79 Å². The third-order valence-corrected chi connectivity index (χ3v) is 5.84. The van der Waals surface area contributed by atoms with Crippen molar-refractivity contribution in [1.82, 2.24) is 5.32 Å². The van der Waals surface area contributed by atoms with Gasteiger partial charge in [0.1, 0.15) is 5.41 Å². The Morgan fingerprint density at radius 2 is 2.15 bits per heavy atom. The number of amides is 1. The molecule has 2 bridgehead atoms. The molecule has 3 rings (SSSR count). The molecule has 3 atom stereocenters. The molecular formula is C15H25N3O2. The number of fused-ring (bicyclic) bond motifs is 2. The van der Waals surface area contributed by atoms with E-state index >= 15 is 0 Å². The van der Waals surface area contributed by atoms with Crippen LogP contribution in [0.2, 0.25) is 0 Å². The Labute approximate surface area is 120 Å². The predicted octanol–water partition coefficient (Wildman–Crippen LogP) is 1.70. The summed E-state index contributed by atoms with van der Waals surface area (Å²) >= 11 is 0. The molecule has 5 heteroatoms. The summed E-state index contributed by atoms with van der Waals surface area (Å²) in [7, 11) is 0. The summed E-state index contributed by atoms with van der Waals surface area (Å²) in [5, 5.41) is 15.1. The minimum absolute atomic E-state index is 0.0475. The summed E-state index contributed by atoms with van der Waals surface area (Å²) in [6.45, 7) is 2.85. The van der Waals surface area contributed by atoms with Crippen LogP contribution < -0.4 is 11.1 Å². The molecule has 3 saturated carbocycles. The van der Waals surface area contributed by atoms with Crippen LogP contribution in [0.5, 0.6) is 0 Å². The zero-order valence-corrected chi connectivity index (χ0v) is 12.1. The molecule has 0 aromatic rings. The van der Waals surface area contributed by atoms with E-state index < -0.39 is 5.41 Å². The molecule has 3 unspecified atom stereocenters. The molecule has 3 aliphatic carbocycles. The van der Waals surface area contributed by atoms with Crippen LogP contribution in [0.15, 0.2) is 5.16 Å². The fraction of sp³-hybridized carbons (Fsp3) is 0.867. The molecule has 0 radical (unpaired) electrons. The molecule has 112 valence electrons. The Morgan fingerprint density at radius 3 is 2.65 bits per heavy atom. The third kappa shape index (κ3) is 2.07. The van der Waals surface area contributed by atoms with Gasteiger partial charge in [-0.05, 0) is 55.8 Å². The molecule has 3 fully saturated rings. The molecule has 0 spiro atoms. The number of hydrogen-bond acceptors (Lipinski definition) is 3. The van der Waals surface area contributed by atoms with Gasteiger partial charge in [0, 0.05) is 6.54 Å². The van der Waals surface area contributed by atoms with Crippen molar-refractivity contribution < 1.29 is 10.0 Å². The third-order valence-electron chi connectivity index (χ3n) is 5.84. The maximum Gasteiger partial charge on any atom is 0.233 e. The Kier molecular flexibility index (Phi) is 3.38. The minimum atomic E-state index is -0.758. The molecule has 0 heterocycles. The van der Waals surface area contributed by atoms with Crippen molar-refractivity contribution in [3.63, 3.8) is 0 Å². The van der Waals surface area contributed by atoms with Gasteiger partial charge in [0.25, 0.3) is 0 Å². The lowest BCUT2D eigenvalue weighted by atomic mass is 9.61. The number of carbonyl (C=O) groups excluding carboxylic acids is 1. The largest absolute Gasteiger partial charge is 0.409 e.